The van der Waals surface area contributed by atoms with Crippen LogP contribution in [0.2, 0.25) is 0 Å². The van der Waals surface area contributed by atoms with E-state index in [1.165, 1.54) is 11.3 Å². The van der Waals surface area contributed by atoms with Crippen molar-refractivity contribution in [3.63, 3.8) is 0 Å². The van der Waals surface area contributed by atoms with Crippen LogP contribution in [0.1, 0.15) is 4.88 Å². The van der Waals surface area contributed by atoms with E-state index in [2.05, 4.69) is 10.0 Å². The standard InChI is InChI=1S/C8H14N2O2S2.ClH/c1-7-3-4-8(13-7)14(11,12)10-6-5-9-2;/h3-4,9-10H,5-6H2,1-2H3;1H. The molecule has 0 aliphatic carbocycles. The van der Waals surface area contributed by atoms with Gasteiger partial charge in [0.2, 0.25) is 10.0 Å². The Morgan fingerprint density at radius 3 is 2.47 bits per heavy atom. The minimum Gasteiger partial charge on any atom is -0.318 e. The minimum absolute atomic E-state index is 0. The molecule has 88 valence electrons. The maximum Gasteiger partial charge on any atom is 0.250 e. The second-order valence-corrected chi connectivity index (χ2v) is 6.15. The first-order chi connectivity index (χ1) is 6.56. The molecule has 2 N–H and O–H groups in total. The molecule has 0 radical (unpaired) electrons. The summed E-state index contributed by atoms with van der Waals surface area (Å²) >= 11 is 1.28. The van der Waals surface area contributed by atoms with Gasteiger partial charge in [-0.1, -0.05) is 0 Å². The molecule has 0 aromatic carbocycles. The Hall–Kier alpha value is -0.140. The predicted octanol–water partition coefficient (Wildman–Crippen LogP) is 0.976. The van der Waals surface area contributed by atoms with Gasteiger partial charge < -0.3 is 5.32 Å². The highest BCUT2D eigenvalue weighted by Crippen LogP contribution is 2.19. The fourth-order valence-electron chi connectivity index (χ4n) is 0.938. The molecule has 1 aromatic heterocycles. The zero-order valence-corrected chi connectivity index (χ0v) is 11.1. The molecule has 7 heteroatoms. The topological polar surface area (TPSA) is 58.2 Å². The van der Waals surface area contributed by atoms with Crippen molar-refractivity contribution in [1.29, 1.82) is 0 Å². The molecule has 4 nitrogen and oxygen atoms in total. The highest BCUT2D eigenvalue weighted by molar-refractivity contribution is 7.91. The third-order valence-corrected chi connectivity index (χ3v) is 4.60. The van der Waals surface area contributed by atoms with Crippen LogP contribution in [0.4, 0.5) is 0 Å². The van der Waals surface area contributed by atoms with Crippen LogP contribution in [-0.4, -0.2) is 28.6 Å². The lowest BCUT2D eigenvalue weighted by Gasteiger charge is -2.03. The van der Waals surface area contributed by atoms with Gasteiger partial charge in [-0.2, -0.15) is 0 Å². The average molecular weight is 271 g/mol. The Kier molecular flexibility index (Phi) is 6.38. The SMILES string of the molecule is CNCCNS(=O)(=O)c1ccc(C)s1.Cl. The summed E-state index contributed by atoms with van der Waals surface area (Å²) < 4.78 is 26.1. The first kappa shape index (κ1) is 14.9. The number of halogens is 1. The maximum absolute atomic E-state index is 11.6. The normalized spacial score (nSPS) is 11.1. The van der Waals surface area contributed by atoms with E-state index >= 15 is 0 Å². The van der Waals surface area contributed by atoms with E-state index in [0.29, 0.717) is 17.3 Å². The monoisotopic (exact) mass is 270 g/mol. The van der Waals surface area contributed by atoms with Gasteiger partial charge in [0, 0.05) is 18.0 Å². The number of nitrogens with one attached hydrogen (secondary N) is 2. The molecule has 1 heterocycles. The molecule has 0 unspecified atom stereocenters. The van der Waals surface area contributed by atoms with Crippen LogP contribution in [0.3, 0.4) is 0 Å². The van der Waals surface area contributed by atoms with Crippen LogP contribution in [0.25, 0.3) is 0 Å². The first-order valence-electron chi connectivity index (χ1n) is 4.27. The Morgan fingerprint density at radius 2 is 2.00 bits per heavy atom. The van der Waals surface area contributed by atoms with Gasteiger partial charge in [-0.3, -0.25) is 0 Å². The van der Waals surface area contributed by atoms with Crippen molar-refractivity contribution < 1.29 is 8.42 Å². The molecule has 0 aliphatic heterocycles. The smallest absolute Gasteiger partial charge is 0.250 e. The summed E-state index contributed by atoms with van der Waals surface area (Å²) in [4.78, 5) is 0.999. The lowest BCUT2D eigenvalue weighted by molar-refractivity contribution is 0.581. The van der Waals surface area contributed by atoms with E-state index in [-0.39, 0.29) is 12.4 Å². The molecule has 0 bridgehead atoms. The van der Waals surface area contributed by atoms with E-state index in [0.717, 1.165) is 4.88 Å². The zero-order valence-electron chi connectivity index (χ0n) is 8.61. The number of rotatable bonds is 5. The summed E-state index contributed by atoms with van der Waals surface area (Å²) in [6, 6.07) is 3.43. The van der Waals surface area contributed by atoms with Gasteiger partial charge in [0.15, 0.2) is 0 Å². The molecular weight excluding hydrogens is 256 g/mol. The van der Waals surface area contributed by atoms with Crippen LogP contribution >= 0.6 is 23.7 Å². The van der Waals surface area contributed by atoms with Crippen molar-refractivity contribution in [2.24, 2.45) is 0 Å². The van der Waals surface area contributed by atoms with Gasteiger partial charge in [-0.05, 0) is 26.1 Å². The third-order valence-electron chi connectivity index (χ3n) is 1.65. The van der Waals surface area contributed by atoms with Crippen molar-refractivity contribution in [1.82, 2.24) is 10.0 Å². The van der Waals surface area contributed by atoms with Crippen LogP contribution in [0.15, 0.2) is 16.3 Å². The van der Waals surface area contributed by atoms with Crippen LogP contribution in [0, 0.1) is 6.92 Å². The van der Waals surface area contributed by atoms with E-state index in [9.17, 15) is 8.42 Å². The average Bonchev–Trinajstić information content (AvgIpc) is 2.53. The summed E-state index contributed by atoms with van der Waals surface area (Å²) in [6.45, 7) is 2.93. The number of aryl methyl sites for hydroxylation is 1. The quantitative estimate of drug-likeness (QED) is 0.784. The fourth-order valence-corrected chi connectivity index (χ4v) is 3.30. The maximum atomic E-state index is 11.6. The summed E-state index contributed by atoms with van der Waals surface area (Å²) in [5, 5.41) is 2.87. The number of hydrogen-bond donors (Lipinski definition) is 2. The first-order valence-corrected chi connectivity index (χ1v) is 6.57. The molecule has 0 atom stereocenters. The molecule has 0 saturated heterocycles. The molecule has 15 heavy (non-hydrogen) atoms. The largest absolute Gasteiger partial charge is 0.318 e. The van der Waals surface area contributed by atoms with Gasteiger partial charge in [-0.15, -0.1) is 23.7 Å². The Bertz CT molecular complexity index is 389. The Morgan fingerprint density at radius 1 is 1.33 bits per heavy atom. The van der Waals surface area contributed by atoms with Crippen molar-refractivity contribution in [3.8, 4) is 0 Å². The highest BCUT2D eigenvalue weighted by Gasteiger charge is 2.14. The Labute approximate surface area is 101 Å². The molecule has 1 rings (SSSR count). The van der Waals surface area contributed by atoms with E-state index in [1.54, 1.807) is 19.2 Å². The summed E-state index contributed by atoms with van der Waals surface area (Å²) in [7, 11) is -1.50. The summed E-state index contributed by atoms with van der Waals surface area (Å²) in [6.07, 6.45) is 0. The number of thiophene rings is 1. The number of hydrogen-bond acceptors (Lipinski definition) is 4. The lowest BCUT2D eigenvalue weighted by Crippen LogP contribution is -2.29. The van der Waals surface area contributed by atoms with Gasteiger partial charge in [0.1, 0.15) is 4.21 Å². The van der Waals surface area contributed by atoms with Crippen molar-refractivity contribution >= 4 is 33.8 Å². The van der Waals surface area contributed by atoms with Crippen LogP contribution < -0.4 is 10.0 Å². The summed E-state index contributed by atoms with van der Waals surface area (Å²) in [5.41, 5.74) is 0. The number of sulfonamides is 1. The molecule has 0 saturated carbocycles. The molecule has 1 aromatic rings. The zero-order chi connectivity index (χ0) is 10.6. The van der Waals surface area contributed by atoms with Gasteiger partial charge in [-0.25, -0.2) is 13.1 Å². The molecular formula is C8H15ClN2O2S2. The number of likely N-dealkylation sites (N-methyl/N-ethyl adjacent to an activating group) is 1. The van der Waals surface area contributed by atoms with E-state index < -0.39 is 10.0 Å². The van der Waals surface area contributed by atoms with E-state index in [1.807, 2.05) is 6.92 Å². The van der Waals surface area contributed by atoms with E-state index in [4.69, 9.17) is 0 Å². The van der Waals surface area contributed by atoms with Gasteiger partial charge in [0.25, 0.3) is 0 Å². The van der Waals surface area contributed by atoms with Crippen molar-refractivity contribution in [3.05, 3.63) is 17.0 Å². The van der Waals surface area contributed by atoms with Gasteiger partial charge in [0.05, 0.1) is 0 Å². The van der Waals surface area contributed by atoms with Crippen LogP contribution in [0.5, 0.6) is 0 Å². The van der Waals surface area contributed by atoms with Crippen molar-refractivity contribution in [2.45, 2.75) is 11.1 Å². The molecule has 0 fully saturated rings. The predicted molar refractivity (Wildman–Crippen MR) is 65.4 cm³/mol. The molecule has 0 spiro atoms. The fraction of sp³-hybridized carbons (Fsp3) is 0.500. The second-order valence-electron chi connectivity index (χ2n) is 2.87. The van der Waals surface area contributed by atoms with Crippen molar-refractivity contribution in [2.75, 3.05) is 20.1 Å². The second kappa shape index (κ2) is 6.44. The Balaban J connectivity index is 0.00000196. The molecule has 0 amide bonds. The minimum atomic E-state index is -3.28. The summed E-state index contributed by atoms with van der Waals surface area (Å²) in [5.74, 6) is 0. The lowest BCUT2D eigenvalue weighted by atomic mass is 10.5. The third kappa shape index (κ3) is 4.48. The van der Waals surface area contributed by atoms with Gasteiger partial charge >= 0.3 is 0 Å². The molecule has 0 aliphatic rings. The van der Waals surface area contributed by atoms with Crippen LogP contribution in [-0.2, 0) is 10.0 Å². The highest BCUT2D eigenvalue weighted by atomic mass is 35.5.